The summed E-state index contributed by atoms with van der Waals surface area (Å²) in [4.78, 5) is 1.05. The van der Waals surface area contributed by atoms with E-state index < -0.39 is 16.1 Å². The predicted molar refractivity (Wildman–Crippen MR) is 97.8 cm³/mol. The summed E-state index contributed by atoms with van der Waals surface area (Å²) in [5.41, 5.74) is 0.784. The lowest BCUT2D eigenvalue weighted by atomic mass is 10.3. The van der Waals surface area contributed by atoms with Gasteiger partial charge in [-0.05, 0) is 42.5 Å². The van der Waals surface area contributed by atoms with Gasteiger partial charge in [-0.1, -0.05) is 11.6 Å². The van der Waals surface area contributed by atoms with E-state index in [9.17, 15) is 8.42 Å². The molecule has 0 spiro atoms. The van der Waals surface area contributed by atoms with Crippen LogP contribution in [0.1, 0.15) is 11.0 Å². The zero-order valence-electron chi connectivity index (χ0n) is 13.3. The molecule has 1 N–H and O–H groups in total. The number of ether oxygens (including phenoxy) is 1. The molecule has 0 saturated carbocycles. The van der Waals surface area contributed by atoms with E-state index in [2.05, 4.69) is 9.82 Å². The number of hydrogen-bond donors (Lipinski definition) is 1. The van der Waals surface area contributed by atoms with Crippen molar-refractivity contribution in [2.45, 2.75) is 11.0 Å². The Labute approximate surface area is 155 Å². The van der Waals surface area contributed by atoms with E-state index in [-0.39, 0.29) is 11.4 Å². The van der Waals surface area contributed by atoms with Crippen molar-refractivity contribution in [2.24, 2.45) is 0 Å². The first-order valence-corrected chi connectivity index (χ1v) is 10.0. The van der Waals surface area contributed by atoms with E-state index >= 15 is 0 Å². The van der Waals surface area contributed by atoms with Gasteiger partial charge >= 0.3 is 0 Å². The van der Waals surface area contributed by atoms with Crippen molar-refractivity contribution in [3.05, 3.63) is 64.1 Å². The molecule has 9 heteroatoms. The van der Waals surface area contributed by atoms with Gasteiger partial charge < -0.3 is 4.74 Å². The number of hydrogen-bond acceptors (Lipinski definition) is 5. The van der Waals surface area contributed by atoms with Gasteiger partial charge in [0.1, 0.15) is 6.10 Å². The smallest absolute Gasteiger partial charge is 0.240 e. The monoisotopic (exact) mass is 397 g/mol. The number of methoxy groups -OCH3 is 1. The largest absolute Gasteiger partial charge is 0.375 e. The quantitative estimate of drug-likeness (QED) is 0.664. The molecule has 0 aliphatic heterocycles. The van der Waals surface area contributed by atoms with Gasteiger partial charge in [-0.3, -0.25) is 0 Å². The average molecular weight is 398 g/mol. The van der Waals surface area contributed by atoms with Crippen LogP contribution in [-0.4, -0.2) is 31.9 Å². The molecular weight excluding hydrogens is 382 g/mol. The molecule has 0 aliphatic carbocycles. The minimum Gasteiger partial charge on any atom is -0.375 e. The third-order valence-electron chi connectivity index (χ3n) is 3.57. The lowest BCUT2D eigenvalue weighted by Gasteiger charge is -2.15. The molecule has 0 aliphatic rings. The number of rotatable bonds is 7. The lowest BCUT2D eigenvalue weighted by Crippen LogP contribution is -2.29. The maximum atomic E-state index is 12.5. The van der Waals surface area contributed by atoms with Crippen molar-refractivity contribution in [3.8, 4) is 5.69 Å². The van der Waals surface area contributed by atoms with Crippen LogP contribution >= 0.6 is 22.9 Å². The lowest BCUT2D eigenvalue weighted by molar-refractivity contribution is 0.110. The first-order chi connectivity index (χ1) is 12.0. The first kappa shape index (κ1) is 18.1. The van der Waals surface area contributed by atoms with Crippen LogP contribution < -0.4 is 4.72 Å². The summed E-state index contributed by atoms with van der Waals surface area (Å²) in [6.07, 6.45) is 3.06. The fourth-order valence-corrected chi connectivity index (χ4v) is 4.44. The van der Waals surface area contributed by atoms with Crippen molar-refractivity contribution in [2.75, 3.05) is 13.7 Å². The number of nitrogens with one attached hydrogen (secondary N) is 1. The van der Waals surface area contributed by atoms with Gasteiger partial charge in [0.15, 0.2) is 0 Å². The standard InChI is InChI=1S/C16H16ClN3O3S2/c1-23-14(15-7-8-16(17)24-15)11-19-25(21,22)13-5-3-12(4-6-13)20-10-2-9-18-20/h2-10,14,19H,11H2,1H3/t14-/m0/s1. The molecule has 1 atom stereocenters. The van der Waals surface area contributed by atoms with E-state index in [1.807, 2.05) is 6.07 Å². The number of sulfonamides is 1. The molecule has 1 aromatic carbocycles. The number of nitrogens with zero attached hydrogens (tertiary/aromatic N) is 2. The molecule has 132 valence electrons. The van der Waals surface area contributed by atoms with Crippen LogP contribution in [0.25, 0.3) is 5.69 Å². The highest BCUT2D eigenvalue weighted by atomic mass is 35.5. The summed E-state index contributed by atoms with van der Waals surface area (Å²) in [7, 11) is -2.11. The Morgan fingerprint density at radius 1 is 1.28 bits per heavy atom. The highest BCUT2D eigenvalue weighted by molar-refractivity contribution is 7.89. The van der Waals surface area contributed by atoms with Gasteiger partial charge in [-0.25, -0.2) is 17.8 Å². The van der Waals surface area contributed by atoms with Gasteiger partial charge in [-0.2, -0.15) is 5.10 Å². The van der Waals surface area contributed by atoms with E-state index in [0.29, 0.717) is 4.34 Å². The van der Waals surface area contributed by atoms with Crippen LogP contribution in [0.2, 0.25) is 4.34 Å². The molecule has 0 bridgehead atoms. The zero-order valence-corrected chi connectivity index (χ0v) is 15.7. The number of benzene rings is 1. The van der Waals surface area contributed by atoms with Gasteiger partial charge in [0.25, 0.3) is 0 Å². The minimum atomic E-state index is -3.64. The Morgan fingerprint density at radius 2 is 2.04 bits per heavy atom. The minimum absolute atomic E-state index is 0.122. The fourth-order valence-electron chi connectivity index (χ4n) is 2.27. The Balaban J connectivity index is 1.71. The van der Waals surface area contributed by atoms with Gasteiger partial charge in [0, 0.05) is 30.9 Å². The molecule has 6 nitrogen and oxygen atoms in total. The summed E-state index contributed by atoms with van der Waals surface area (Å²) in [6, 6.07) is 11.9. The first-order valence-electron chi connectivity index (χ1n) is 7.37. The number of halogens is 1. The molecule has 25 heavy (non-hydrogen) atoms. The molecule has 0 amide bonds. The average Bonchev–Trinajstić information content (AvgIpc) is 3.27. The fraction of sp³-hybridized carbons (Fsp3) is 0.188. The van der Waals surface area contributed by atoms with Crippen molar-refractivity contribution < 1.29 is 13.2 Å². The molecule has 3 rings (SSSR count). The maximum Gasteiger partial charge on any atom is 0.240 e. The van der Waals surface area contributed by atoms with Gasteiger partial charge in [-0.15, -0.1) is 11.3 Å². The molecule has 3 aromatic rings. The number of thiophene rings is 1. The Hall–Kier alpha value is -1.71. The highest BCUT2D eigenvalue weighted by Crippen LogP contribution is 2.28. The molecular formula is C16H16ClN3O3S2. The third-order valence-corrected chi connectivity index (χ3v) is 6.33. The van der Waals surface area contributed by atoms with Crippen LogP contribution in [0.15, 0.2) is 59.8 Å². The van der Waals surface area contributed by atoms with Gasteiger partial charge in [0.2, 0.25) is 10.0 Å². The second-order valence-corrected chi connectivity index (χ2v) is 8.68. The molecule has 0 unspecified atom stereocenters. The summed E-state index contributed by atoms with van der Waals surface area (Å²) in [5.74, 6) is 0. The summed E-state index contributed by atoms with van der Waals surface area (Å²) < 4.78 is 35.2. The van der Waals surface area contributed by atoms with E-state index in [1.165, 1.54) is 18.4 Å². The molecule has 0 saturated heterocycles. The summed E-state index contributed by atoms with van der Waals surface area (Å²) in [6.45, 7) is 0.122. The molecule has 0 fully saturated rings. The topological polar surface area (TPSA) is 73.2 Å². The van der Waals surface area contributed by atoms with Crippen LogP contribution in [0.5, 0.6) is 0 Å². The van der Waals surface area contributed by atoms with Crippen LogP contribution in [0, 0.1) is 0 Å². The Morgan fingerprint density at radius 3 is 2.60 bits per heavy atom. The highest BCUT2D eigenvalue weighted by Gasteiger charge is 2.19. The van der Waals surface area contributed by atoms with Crippen molar-refractivity contribution in [3.63, 3.8) is 0 Å². The molecule has 2 heterocycles. The second-order valence-electron chi connectivity index (χ2n) is 5.16. The maximum absolute atomic E-state index is 12.5. The Bertz CT molecular complexity index is 922. The van der Waals surface area contributed by atoms with Crippen LogP contribution in [0.3, 0.4) is 0 Å². The normalized spacial score (nSPS) is 13.0. The van der Waals surface area contributed by atoms with E-state index in [0.717, 1.165) is 10.6 Å². The summed E-state index contributed by atoms with van der Waals surface area (Å²) in [5, 5.41) is 4.11. The predicted octanol–water partition coefficient (Wildman–Crippen LogP) is 3.25. The van der Waals surface area contributed by atoms with Crippen molar-refractivity contribution in [1.82, 2.24) is 14.5 Å². The van der Waals surface area contributed by atoms with Gasteiger partial charge in [0.05, 0.1) is 14.9 Å². The second kappa shape index (κ2) is 7.67. The van der Waals surface area contributed by atoms with Crippen LogP contribution in [-0.2, 0) is 14.8 Å². The zero-order chi connectivity index (χ0) is 17.9. The third kappa shape index (κ3) is 4.28. The molecule has 0 radical (unpaired) electrons. The Kier molecular flexibility index (Phi) is 5.55. The van der Waals surface area contributed by atoms with E-state index in [1.54, 1.807) is 53.5 Å². The summed E-state index contributed by atoms with van der Waals surface area (Å²) >= 11 is 7.28. The molecule has 2 aromatic heterocycles. The SMILES string of the molecule is CO[C@@H](CNS(=O)(=O)c1ccc(-n2cccn2)cc1)c1ccc(Cl)s1. The van der Waals surface area contributed by atoms with Crippen molar-refractivity contribution in [1.29, 1.82) is 0 Å². The number of aromatic nitrogens is 2. The van der Waals surface area contributed by atoms with Crippen LogP contribution in [0.4, 0.5) is 0 Å². The van der Waals surface area contributed by atoms with E-state index in [4.69, 9.17) is 16.3 Å². The van der Waals surface area contributed by atoms with Crippen molar-refractivity contribution >= 4 is 33.0 Å².